The van der Waals surface area contributed by atoms with E-state index in [0.29, 0.717) is 5.88 Å². The summed E-state index contributed by atoms with van der Waals surface area (Å²) in [6, 6.07) is 0. The lowest BCUT2D eigenvalue weighted by Crippen LogP contribution is -1.93. The van der Waals surface area contributed by atoms with Crippen molar-refractivity contribution in [3.8, 4) is 0 Å². The van der Waals surface area contributed by atoms with Crippen molar-refractivity contribution in [3.05, 3.63) is 18.0 Å². The highest BCUT2D eigenvalue weighted by atomic mass is 35.5. The molecule has 1 aromatic rings. The summed E-state index contributed by atoms with van der Waals surface area (Å²) in [5.41, 5.74) is 0. The van der Waals surface area contributed by atoms with Crippen LogP contribution in [0.4, 0.5) is 0 Å². The van der Waals surface area contributed by atoms with Crippen molar-refractivity contribution in [3.63, 3.8) is 0 Å². The quantitative estimate of drug-likeness (QED) is 0.439. The average Bonchev–Trinajstić information content (AvgIpc) is 2.43. The monoisotopic (exact) mass is 217 g/mol. The molecule has 5 heteroatoms. The maximum Gasteiger partial charge on any atom is 0.191 e. The number of halogens is 1. The highest BCUT2D eigenvalue weighted by molar-refractivity contribution is 7.99. The van der Waals surface area contributed by atoms with Gasteiger partial charge in [0.25, 0.3) is 0 Å². The van der Waals surface area contributed by atoms with E-state index in [2.05, 4.69) is 10.2 Å². The molecule has 3 nitrogen and oxygen atoms in total. The van der Waals surface area contributed by atoms with Gasteiger partial charge in [-0.3, -0.25) is 0 Å². The number of hydrogen-bond donors (Lipinski definition) is 0. The van der Waals surface area contributed by atoms with Crippen molar-refractivity contribution in [2.45, 2.75) is 12.1 Å². The van der Waals surface area contributed by atoms with Gasteiger partial charge in [-0.1, -0.05) is 23.9 Å². The van der Waals surface area contributed by atoms with Gasteiger partial charge in [-0.05, 0) is 6.92 Å². The first-order valence-corrected chi connectivity index (χ1v) is 5.47. The Morgan fingerprint density at radius 1 is 1.46 bits per heavy atom. The molecular weight excluding hydrogens is 206 g/mol. The highest BCUT2D eigenvalue weighted by Crippen LogP contribution is 2.14. The molecule has 0 spiro atoms. The molecule has 0 N–H and O–H groups in total. The van der Waals surface area contributed by atoms with E-state index in [1.54, 1.807) is 11.8 Å². The number of allylic oxidation sites excluding steroid dienone is 1. The minimum atomic E-state index is 0.568. The maximum absolute atomic E-state index is 5.49. The summed E-state index contributed by atoms with van der Waals surface area (Å²) in [4.78, 5) is 0. The van der Waals surface area contributed by atoms with Gasteiger partial charge < -0.3 is 4.57 Å². The SMILES string of the molecule is Cc1nnc(SCC=CCCl)n1C. The number of alkyl halides is 1. The molecule has 0 bridgehead atoms. The van der Waals surface area contributed by atoms with E-state index in [1.165, 1.54) is 0 Å². The molecule has 0 saturated heterocycles. The molecule has 72 valence electrons. The molecule has 1 rings (SSSR count). The Morgan fingerprint density at radius 2 is 2.23 bits per heavy atom. The van der Waals surface area contributed by atoms with Crippen LogP contribution in [0.3, 0.4) is 0 Å². The van der Waals surface area contributed by atoms with Crippen LogP contribution >= 0.6 is 23.4 Å². The van der Waals surface area contributed by atoms with E-state index >= 15 is 0 Å². The molecule has 1 aromatic heterocycles. The summed E-state index contributed by atoms with van der Waals surface area (Å²) >= 11 is 7.14. The van der Waals surface area contributed by atoms with Crippen molar-refractivity contribution in [2.75, 3.05) is 11.6 Å². The number of nitrogens with zero attached hydrogens (tertiary/aromatic N) is 3. The maximum atomic E-state index is 5.49. The van der Waals surface area contributed by atoms with Gasteiger partial charge in [-0.2, -0.15) is 0 Å². The Balaban J connectivity index is 2.45. The summed E-state index contributed by atoms with van der Waals surface area (Å²) < 4.78 is 1.97. The minimum absolute atomic E-state index is 0.568. The van der Waals surface area contributed by atoms with Crippen LogP contribution < -0.4 is 0 Å². The molecule has 0 unspecified atom stereocenters. The van der Waals surface area contributed by atoms with Crippen molar-refractivity contribution in [1.82, 2.24) is 14.8 Å². The predicted octanol–water partition coefficient (Wildman–Crippen LogP) is 2.01. The molecular formula is C8H12ClN3S. The standard InChI is InChI=1S/C8H12ClN3S/c1-7-10-11-8(12(7)2)13-6-4-3-5-9/h3-4H,5-6H2,1-2H3. The topological polar surface area (TPSA) is 30.7 Å². The molecule has 0 aliphatic carbocycles. The summed E-state index contributed by atoms with van der Waals surface area (Å²) in [6.07, 6.45) is 3.96. The third kappa shape index (κ3) is 3.04. The van der Waals surface area contributed by atoms with Crippen LogP contribution in [-0.4, -0.2) is 26.4 Å². The van der Waals surface area contributed by atoms with Crippen molar-refractivity contribution in [1.29, 1.82) is 0 Å². The first-order valence-electron chi connectivity index (χ1n) is 3.95. The molecule has 0 radical (unpaired) electrons. The third-order valence-electron chi connectivity index (χ3n) is 1.62. The van der Waals surface area contributed by atoms with Crippen LogP contribution in [0.2, 0.25) is 0 Å². The van der Waals surface area contributed by atoms with E-state index in [9.17, 15) is 0 Å². The van der Waals surface area contributed by atoms with Crippen molar-refractivity contribution < 1.29 is 0 Å². The molecule has 0 saturated carbocycles. The van der Waals surface area contributed by atoms with Crippen LogP contribution in [0.5, 0.6) is 0 Å². The van der Waals surface area contributed by atoms with Crippen LogP contribution in [0, 0.1) is 6.92 Å². The Bertz CT molecular complexity index is 296. The molecule has 0 aliphatic heterocycles. The summed E-state index contributed by atoms with van der Waals surface area (Å²) in [7, 11) is 1.96. The molecule has 13 heavy (non-hydrogen) atoms. The number of thioether (sulfide) groups is 1. The molecule has 0 fully saturated rings. The summed E-state index contributed by atoms with van der Waals surface area (Å²) in [5, 5.41) is 8.92. The van der Waals surface area contributed by atoms with Gasteiger partial charge in [0.15, 0.2) is 5.16 Å². The molecule has 0 atom stereocenters. The van der Waals surface area contributed by atoms with Gasteiger partial charge in [-0.25, -0.2) is 0 Å². The van der Waals surface area contributed by atoms with E-state index in [1.807, 2.05) is 30.7 Å². The van der Waals surface area contributed by atoms with Crippen LogP contribution in [0.25, 0.3) is 0 Å². The van der Waals surface area contributed by atoms with Crippen LogP contribution in [0.1, 0.15) is 5.82 Å². The molecule has 0 aromatic carbocycles. The lowest BCUT2D eigenvalue weighted by atomic mass is 10.6. The minimum Gasteiger partial charge on any atom is -0.309 e. The molecule has 0 aliphatic rings. The lowest BCUT2D eigenvalue weighted by molar-refractivity contribution is 0.766. The second kappa shape index (κ2) is 5.29. The second-order valence-corrected chi connectivity index (χ2v) is 3.82. The van der Waals surface area contributed by atoms with Gasteiger partial charge in [0.1, 0.15) is 5.82 Å². The predicted molar refractivity (Wildman–Crippen MR) is 56.3 cm³/mol. The van der Waals surface area contributed by atoms with Gasteiger partial charge in [0, 0.05) is 18.7 Å². The van der Waals surface area contributed by atoms with Gasteiger partial charge in [-0.15, -0.1) is 21.8 Å². The fourth-order valence-electron chi connectivity index (χ4n) is 0.767. The van der Waals surface area contributed by atoms with E-state index in [-0.39, 0.29) is 0 Å². The van der Waals surface area contributed by atoms with Crippen LogP contribution in [0.15, 0.2) is 17.3 Å². The van der Waals surface area contributed by atoms with Gasteiger partial charge in [0.05, 0.1) is 0 Å². The Morgan fingerprint density at radius 3 is 2.77 bits per heavy atom. The number of aryl methyl sites for hydroxylation is 1. The zero-order valence-electron chi connectivity index (χ0n) is 7.70. The van der Waals surface area contributed by atoms with Crippen molar-refractivity contribution >= 4 is 23.4 Å². The summed E-state index contributed by atoms with van der Waals surface area (Å²) in [5.74, 6) is 2.39. The Hall–Kier alpha value is -0.480. The number of aromatic nitrogens is 3. The largest absolute Gasteiger partial charge is 0.309 e. The normalized spacial score (nSPS) is 11.3. The zero-order chi connectivity index (χ0) is 9.68. The molecule has 0 amide bonds. The first-order chi connectivity index (χ1) is 6.25. The van der Waals surface area contributed by atoms with Crippen molar-refractivity contribution in [2.24, 2.45) is 7.05 Å². The third-order valence-corrected chi connectivity index (χ3v) is 2.77. The highest BCUT2D eigenvalue weighted by Gasteiger charge is 2.02. The summed E-state index contributed by atoms with van der Waals surface area (Å²) in [6.45, 7) is 1.94. The Kier molecular flexibility index (Phi) is 4.32. The zero-order valence-corrected chi connectivity index (χ0v) is 9.27. The molecule has 1 heterocycles. The smallest absolute Gasteiger partial charge is 0.191 e. The number of rotatable bonds is 4. The lowest BCUT2D eigenvalue weighted by Gasteiger charge is -1.97. The number of hydrogen-bond acceptors (Lipinski definition) is 3. The second-order valence-electron chi connectivity index (χ2n) is 2.53. The van der Waals surface area contributed by atoms with Gasteiger partial charge in [0.2, 0.25) is 0 Å². The van der Waals surface area contributed by atoms with Crippen LogP contribution in [-0.2, 0) is 7.05 Å². The Labute approximate surface area is 87.2 Å². The average molecular weight is 218 g/mol. The fraction of sp³-hybridized carbons (Fsp3) is 0.500. The first kappa shape index (κ1) is 10.6. The van der Waals surface area contributed by atoms with E-state index in [0.717, 1.165) is 16.7 Å². The van der Waals surface area contributed by atoms with Gasteiger partial charge >= 0.3 is 0 Å². The van der Waals surface area contributed by atoms with E-state index < -0.39 is 0 Å². The van der Waals surface area contributed by atoms with E-state index in [4.69, 9.17) is 11.6 Å². The fourth-order valence-corrected chi connectivity index (χ4v) is 1.70.